The van der Waals surface area contributed by atoms with Crippen molar-refractivity contribution in [1.29, 1.82) is 0 Å². The Morgan fingerprint density at radius 2 is 1.62 bits per heavy atom. The molecule has 226 valence electrons. The standard InChI is InChI=1S/C30H40ClN6O3PS/c1-20(2)42(39,40)27-8-6-5-7-26(27)32-29-28(31)35-36-30(34-29)33-25-10-9-24(19-21(25)3)37-15-11-22(12-16-37)23-13-17-41(4,38)18-14-23/h5-10,19-20,22-23H,11-18H2,1-4H3,(H2,32,33,34,36). The summed E-state index contributed by atoms with van der Waals surface area (Å²) in [7, 11) is -5.40. The second-order valence-electron chi connectivity index (χ2n) is 12.0. The molecule has 12 heteroatoms. The number of halogens is 1. The maximum absolute atomic E-state index is 12.9. The van der Waals surface area contributed by atoms with E-state index in [2.05, 4.69) is 42.8 Å². The lowest BCUT2D eigenvalue weighted by Crippen LogP contribution is -2.37. The van der Waals surface area contributed by atoms with Gasteiger partial charge in [0.1, 0.15) is 0 Å². The Morgan fingerprint density at radius 1 is 0.952 bits per heavy atom. The molecule has 3 aromatic rings. The number of hydrogen-bond donors (Lipinski definition) is 2. The van der Waals surface area contributed by atoms with E-state index in [4.69, 9.17) is 11.6 Å². The summed E-state index contributed by atoms with van der Waals surface area (Å²) in [6.45, 7) is 9.37. The Bertz CT molecular complexity index is 1580. The highest BCUT2D eigenvalue weighted by atomic mass is 35.5. The summed E-state index contributed by atoms with van der Waals surface area (Å²) in [6, 6.07) is 13.0. The van der Waals surface area contributed by atoms with Crippen LogP contribution in [0.5, 0.6) is 0 Å². The van der Waals surface area contributed by atoms with Crippen LogP contribution in [-0.4, -0.2) is 60.9 Å². The number of nitrogens with zero attached hydrogens (tertiary/aromatic N) is 4. The molecule has 0 saturated carbocycles. The summed E-state index contributed by atoms with van der Waals surface area (Å²) in [5.41, 5.74) is 3.45. The molecule has 1 aromatic heterocycles. The minimum atomic E-state index is -3.53. The van der Waals surface area contributed by atoms with E-state index in [1.165, 1.54) is 18.5 Å². The van der Waals surface area contributed by atoms with Crippen LogP contribution < -0.4 is 15.5 Å². The lowest BCUT2D eigenvalue weighted by molar-refractivity contribution is 0.256. The molecule has 42 heavy (non-hydrogen) atoms. The first-order valence-corrected chi connectivity index (χ1v) is 19.1. The van der Waals surface area contributed by atoms with Crippen LogP contribution in [0.4, 0.5) is 28.8 Å². The molecule has 2 aromatic carbocycles. The first kappa shape index (κ1) is 30.8. The molecule has 3 heterocycles. The van der Waals surface area contributed by atoms with E-state index in [0.717, 1.165) is 61.3 Å². The number of rotatable bonds is 8. The van der Waals surface area contributed by atoms with Crippen molar-refractivity contribution in [3.63, 3.8) is 0 Å². The summed E-state index contributed by atoms with van der Waals surface area (Å²) in [4.78, 5) is 7.12. The number of sulfone groups is 1. The normalized spacial score (nSPS) is 21.9. The van der Waals surface area contributed by atoms with Crippen LogP contribution >= 0.6 is 18.7 Å². The zero-order valence-electron chi connectivity index (χ0n) is 24.7. The summed E-state index contributed by atoms with van der Waals surface area (Å²) in [5, 5.41) is 13.9. The van der Waals surface area contributed by atoms with Gasteiger partial charge in [-0.3, -0.25) is 0 Å². The molecule has 2 saturated heterocycles. The molecule has 0 amide bonds. The van der Waals surface area contributed by atoms with E-state index in [1.807, 2.05) is 19.7 Å². The van der Waals surface area contributed by atoms with Gasteiger partial charge in [-0.15, -0.1) is 10.2 Å². The van der Waals surface area contributed by atoms with Gasteiger partial charge in [0, 0.05) is 36.8 Å². The number of benzene rings is 2. The van der Waals surface area contributed by atoms with Crippen LogP contribution in [0.3, 0.4) is 0 Å². The highest BCUT2D eigenvalue weighted by Gasteiger charge is 2.32. The van der Waals surface area contributed by atoms with E-state index < -0.39 is 22.2 Å². The number of hydrogen-bond acceptors (Lipinski definition) is 9. The van der Waals surface area contributed by atoms with Crippen molar-refractivity contribution < 1.29 is 13.0 Å². The smallest absolute Gasteiger partial charge is 0.249 e. The summed E-state index contributed by atoms with van der Waals surface area (Å²) in [5.74, 6) is 1.91. The molecule has 9 nitrogen and oxygen atoms in total. The predicted octanol–water partition coefficient (Wildman–Crippen LogP) is 7.12. The fourth-order valence-corrected chi connectivity index (χ4v) is 9.29. The van der Waals surface area contributed by atoms with Crippen LogP contribution in [0.2, 0.25) is 5.15 Å². The second-order valence-corrected chi connectivity index (χ2v) is 18.3. The Labute approximate surface area is 254 Å². The van der Waals surface area contributed by atoms with Crippen LogP contribution in [0.1, 0.15) is 45.1 Å². The predicted molar refractivity (Wildman–Crippen MR) is 172 cm³/mol. The van der Waals surface area contributed by atoms with Crippen molar-refractivity contribution >= 4 is 57.4 Å². The molecule has 0 radical (unpaired) electrons. The molecule has 2 fully saturated rings. The minimum absolute atomic E-state index is 0.0321. The maximum Gasteiger partial charge on any atom is 0.249 e. The van der Waals surface area contributed by atoms with Crippen LogP contribution in [0.15, 0.2) is 47.4 Å². The minimum Gasteiger partial charge on any atom is -0.372 e. The third-order valence-corrected chi connectivity index (χ3v) is 13.6. The summed E-state index contributed by atoms with van der Waals surface area (Å²) < 4.78 is 38.1. The molecular weight excluding hydrogens is 591 g/mol. The van der Waals surface area contributed by atoms with E-state index in [1.54, 1.807) is 38.1 Å². The van der Waals surface area contributed by atoms with E-state index in [-0.39, 0.29) is 21.8 Å². The molecular formula is C30H40ClN6O3PS. The number of aryl methyl sites for hydroxylation is 1. The largest absolute Gasteiger partial charge is 0.372 e. The van der Waals surface area contributed by atoms with Crippen molar-refractivity contribution in [2.75, 3.05) is 47.6 Å². The third-order valence-electron chi connectivity index (χ3n) is 8.69. The monoisotopic (exact) mass is 630 g/mol. The zero-order chi connectivity index (χ0) is 30.1. The average molecular weight is 631 g/mol. The highest BCUT2D eigenvalue weighted by molar-refractivity contribution is 7.92. The van der Waals surface area contributed by atoms with Gasteiger partial charge in [0.15, 0.2) is 20.8 Å². The molecule has 0 spiro atoms. The van der Waals surface area contributed by atoms with Gasteiger partial charge >= 0.3 is 0 Å². The average Bonchev–Trinajstić information content (AvgIpc) is 2.96. The van der Waals surface area contributed by atoms with Crippen molar-refractivity contribution in [3.8, 4) is 0 Å². The zero-order valence-corrected chi connectivity index (χ0v) is 27.1. The molecule has 0 unspecified atom stereocenters. The fourth-order valence-electron chi connectivity index (χ4n) is 5.98. The summed E-state index contributed by atoms with van der Waals surface area (Å²) >= 11 is 6.29. The number of para-hydroxylation sites is 1. The van der Waals surface area contributed by atoms with Crippen molar-refractivity contribution in [3.05, 3.63) is 53.2 Å². The molecule has 5 rings (SSSR count). The highest BCUT2D eigenvalue weighted by Crippen LogP contribution is 2.50. The first-order valence-electron chi connectivity index (χ1n) is 14.6. The Kier molecular flexibility index (Phi) is 9.16. The second kappa shape index (κ2) is 12.5. The Balaban J connectivity index is 1.25. The topological polar surface area (TPSA) is 117 Å². The van der Waals surface area contributed by atoms with Gasteiger partial charge in [-0.1, -0.05) is 23.7 Å². The van der Waals surface area contributed by atoms with Crippen molar-refractivity contribution in [2.24, 2.45) is 11.8 Å². The molecule has 0 aliphatic carbocycles. The SMILES string of the molecule is Cc1cc(N2CCC(C3CCP(C)(=O)CC3)CC2)ccc1Nc1nnc(Cl)c(Nc2ccccc2S(=O)(=O)C(C)C)n1. The molecule has 2 aliphatic rings. The molecule has 2 N–H and O–H groups in total. The van der Waals surface area contributed by atoms with Gasteiger partial charge in [-0.05, 0) is 101 Å². The van der Waals surface area contributed by atoms with Gasteiger partial charge in [0.25, 0.3) is 0 Å². The quantitative estimate of drug-likeness (QED) is 0.251. The fraction of sp³-hybridized carbons (Fsp3) is 0.500. The summed E-state index contributed by atoms with van der Waals surface area (Å²) in [6.07, 6.45) is 6.45. The lowest BCUT2D eigenvalue weighted by Gasteiger charge is -2.39. The van der Waals surface area contributed by atoms with Gasteiger partial charge in [-0.25, -0.2) is 8.42 Å². The molecule has 2 aliphatic heterocycles. The van der Waals surface area contributed by atoms with Gasteiger partial charge in [0.2, 0.25) is 5.95 Å². The Hall–Kier alpha value is -2.68. The molecule has 0 bridgehead atoms. The van der Waals surface area contributed by atoms with Gasteiger partial charge in [0.05, 0.1) is 23.0 Å². The lowest BCUT2D eigenvalue weighted by atomic mass is 9.81. The van der Waals surface area contributed by atoms with E-state index in [9.17, 15) is 13.0 Å². The van der Waals surface area contributed by atoms with Crippen LogP contribution in [-0.2, 0) is 14.4 Å². The number of piperidine rings is 1. The van der Waals surface area contributed by atoms with Gasteiger partial charge in [-0.2, -0.15) is 4.98 Å². The number of anilines is 5. The number of nitrogens with one attached hydrogen (secondary N) is 2. The molecule has 0 atom stereocenters. The Morgan fingerprint density at radius 3 is 2.29 bits per heavy atom. The van der Waals surface area contributed by atoms with Crippen molar-refractivity contribution in [2.45, 2.75) is 56.6 Å². The maximum atomic E-state index is 12.9. The third kappa shape index (κ3) is 6.92. The van der Waals surface area contributed by atoms with E-state index >= 15 is 0 Å². The van der Waals surface area contributed by atoms with Gasteiger partial charge < -0.3 is 20.1 Å². The first-order chi connectivity index (χ1) is 19.9. The van der Waals surface area contributed by atoms with Crippen molar-refractivity contribution in [1.82, 2.24) is 15.2 Å². The van der Waals surface area contributed by atoms with E-state index in [0.29, 0.717) is 5.69 Å². The van der Waals surface area contributed by atoms with Crippen LogP contribution in [0, 0.1) is 18.8 Å². The van der Waals surface area contributed by atoms with Crippen LogP contribution in [0.25, 0.3) is 0 Å². The number of aromatic nitrogens is 3.